The average Bonchev–Trinajstić information content (AvgIpc) is 2.04. The van der Waals surface area contributed by atoms with Gasteiger partial charge in [0.05, 0.1) is 6.42 Å². The Kier molecular flexibility index (Phi) is 3.96. The van der Waals surface area contributed by atoms with Gasteiger partial charge in [-0.15, -0.1) is 0 Å². The second kappa shape index (κ2) is 5.02. The first-order chi connectivity index (χ1) is 6.18. The minimum Gasteiger partial charge on any atom is -0.481 e. The number of hydrogen-bond acceptors (Lipinski definition) is 2. The number of carbonyl (C=O) groups is 1. The van der Waals surface area contributed by atoms with Crippen LogP contribution in [0.2, 0.25) is 0 Å². The first-order valence-electron chi connectivity index (χ1n) is 4.64. The van der Waals surface area contributed by atoms with Crippen molar-refractivity contribution in [3.05, 3.63) is 12.2 Å². The highest BCUT2D eigenvalue weighted by Crippen LogP contribution is 2.23. The number of ether oxygens (including phenoxy) is 1. The summed E-state index contributed by atoms with van der Waals surface area (Å²) in [6, 6.07) is 0. The molecule has 13 heavy (non-hydrogen) atoms. The molecule has 1 fully saturated rings. The molecule has 0 saturated carbocycles. The summed E-state index contributed by atoms with van der Waals surface area (Å²) in [6.07, 6.45) is 3.03. The lowest BCUT2D eigenvalue weighted by molar-refractivity contribution is -0.136. The fourth-order valence-electron chi connectivity index (χ4n) is 1.64. The Hall–Kier alpha value is -0.830. The van der Waals surface area contributed by atoms with E-state index in [0.29, 0.717) is 5.92 Å². The zero-order valence-electron chi connectivity index (χ0n) is 7.79. The summed E-state index contributed by atoms with van der Waals surface area (Å²) < 4.78 is 5.22. The molecule has 1 saturated heterocycles. The fourth-order valence-corrected chi connectivity index (χ4v) is 1.64. The van der Waals surface area contributed by atoms with E-state index in [-0.39, 0.29) is 6.42 Å². The van der Waals surface area contributed by atoms with Crippen LogP contribution in [0.3, 0.4) is 0 Å². The van der Waals surface area contributed by atoms with Gasteiger partial charge in [-0.25, -0.2) is 0 Å². The molecule has 0 atom stereocenters. The molecule has 0 spiro atoms. The highest BCUT2D eigenvalue weighted by atomic mass is 16.5. The minimum absolute atomic E-state index is 0.108. The molecule has 0 amide bonds. The summed E-state index contributed by atoms with van der Waals surface area (Å²) in [5, 5.41) is 8.53. The highest BCUT2D eigenvalue weighted by Gasteiger charge is 2.15. The van der Waals surface area contributed by atoms with Gasteiger partial charge >= 0.3 is 5.97 Å². The molecule has 0 bridgehead atoms. The fraction of sp³-hybridized carbons (Fsp3) is 0.700. The van der Waals surface area contributed by atoms with Gasteiger partial charge in [0.15, 0.2) is 0 Å². The van der Waals surface area contributed by atoms with Gasteiger partial charge < -0.3 is 9.84 Å². The van der Waals surface area contributed by atoms with Crippen LogP contribution in [-0.2, 0) is 9.53 Å². The molecule has 1 heterocycles. The topological polar surface area (TPSA) is 46.5 Å². The third-order valence-electron chi connectivity index (χ3n) is 2.32. The number of rotatable bonds is 4. The number of carboxylic acids is 1. The SMILES string of the molecule is C=C(CC(=O)O)CC1CCOCC1. The summed E-state index contributed by atoms with van der Waals surface area (Å²) in [5.41, 5.74) is 0.833. The molecule has 0 aromatic rings. The smallest absolute Gasteiger partial charge is 0.307 e. The first-order valence-corrected chi connectivity index (χ1v) is 4.64. The van der Waals surface area contributed by atoms with Gasteiger partial charge in [0.25, 0.3) is 0 Å². The Morgan fingerprint density at radius 1 is 1.46 bits per heavy atom. The van der Waals surface area contributed by atoms with E-state index in [1.165, 1.54) is 0 Å². The quantitative estimate of drug-likeness (QED) is 0.678. The van der Waals surface area contributed by atoms with Crippen molar-refractivity contribution in [3.8, 4) is 0 Å². The maximum Gasteiger partial charge on any atom is 0.307 e. The van der Waals surface area contributed by atoms with Crippen LogP contribution >= 0.6 is 0 Å². The van der Waals surface area contributed by atoms with Gasteiger partial charge in [0, 0.05) is 13.2 Å². The number of aliphatic carboxylic acids is 1. The van der Waals surface area contributed by atoms with E-state index in [1.54, 1.807) is 0 Å². The van der Waals surface area contributed by atoms with E-state index >= 15 is 0 Å². The molecule has 74 valence electrons. The van der Waals surface area contributed by atoms with Crippen molar-refractivity contribution in [2.75, 3.05) is 13.2 Å². The van der Waals surface area contributed by atoms with E-state index in [9.17, 15) is 4.79 Å². The Balaban J connectivity index is 2.22. The standard InChI is InChI=1S/C10H16O3/c1-8(7-10(11)12)6-9-2-4-13-5-3-9/h9H,1-7H2,(H,11,12). The van der Waals surface area contributed by atoms with Crippen molar-refractivity contribution >= 4 is 5.97 Å². The maximum absolute atomic E-state index is 10.4. The van der Waals surface area contributed by atoms with Crippen molar-refractivity contribution in [2.45, 2.75) is 25.7 Å². The van der Waals surface area contributed by atoms with E-state index in [2.05, 4.69) is 6.58 Å². The van der Waals surface area contributed by atoms with E-state index in [4.69, 9.17) is 9.84 Å². The number of hydrogen-bond donors (Lipinski definition) is 1. The second-order valence-corrected chi connectivity index (χ2v) is 3.58. The van der Waals surface area contributed by atoms with Crippen LogP contribution in [0.1, 0.15) is 25.7 Å². The molecule has 1 N–H and O–H groups in total. The normalized spacial score (nSPS) is 18.5. The average molecular weight is 184 g/mol. The summed E-state index contributed by atoms with van der Waals surface area (Å²) in [5.74, 6) is -0.197. The largest absolute Gasteiger partial charge is 0.481 e. The Bertz CT molecular complexity index is 192. The van der Waals surface area contributed by atoms with Crippen molar-refractivity contribution in [3.63, 3.8) is 0 Å². The lowest BCUT2D eigenvalue weighted by Crippen LogP contribution is -2.16. The monoisotopic (exact) mass is 184 g/mol. The maximum atomic E-state index is 10.4. The van der Waals surface area contributed by atoms with E-state index in [0.717, 1.165) is 38.0 Å². The van der Waals surface area contributed by atoms with Gasteiger partial charge in [0.2, 0.25) is 0 Å². The molecule has 1 aliphatic rings. The van der Waals surface area contributed by atoms with E-state index < -0.39 is 5.97 Å². The lowest BCUT2D eigenvalue weighted by atomic mass is 9.92. The van der Waals surface area contributed by atoms with Crippen LogP contribution in [0.4, 0.5) is 0 Å². The first kappa shape index (κ1) is 10.3. The van der Waals surface area contributed by atoms with Crippen LogP contribution in [0, 0.1) is 5.92 Å². The predicted molar refractivity (Wildman–Crippen MR) is 49.6 cm³/mol. The molecule has 1 aliphatic heterocycles. The molecule has 3 heteroatoms. The third-order valence-corrected chi connectivity index (χ3v) is 2.32. The second-order valence-electron chi connectivity index (χ2n) is 3.58. The van der Waals surface area contributed by atoms with Crippen molar-refractivity contribution in [1.29, 1.82) is 0 Å². The summed E-state index contributed by atoms with van der Waals surface area (Å²) >= 11 is 0. The molecule has 0 radical (unpaired) electrons. The Morgan fingerprint density at radius 3 is 2.62 bits per heavy atom. The molecular formula is C10H16O3. The lowest BCUT2D eigenvalue weighted by Gasteiger charge is -2.22. The van der Waals surface area contributed by atoms with Gasteiger partial charge in [-0.3, -0.25) is 4.79 Å². The molecule has 1 rings (SSSR count). The van der Waals surface area contributed by atoms with Crippen molar-refractivity contribution in [2.24, 2.45) is 5.92 Å². The van der Waals surface area contributed by atoms with Crippen LogP contribution < -0.4 is 0 Å². The van der Waals surface area contributed by atoms with Crippen LogP contribution in [0.5, 0.6) is 0 Å². The summed E-state index contributed by atoms with van der Waals surface area (Å²) in [4.78, 5) is 10.4. The van der Waals surface area contributed by atoms with Gasteiger partial charge in [0.1, 0.15) is 0 Å². The van der Waals surface area contributed by atoms with Crippen LogP contribution in [-0.4, -0.2) is 24.3 Å². The molecule has 0 aliphatic carbocycles. The van der Waals surface area contributed by atoms with Crippen LogP contribution in [0.25, 0.3) is 0 Å². The summed E-state index contributed by atoms with van der Waals surface area (Å²) in [7, 11) is 0. The molecule has 0 unspecified atom stereocenters. The predicted octanol–water partition coefficient (Wildman–Crippen LogP) is 1.83. The molecule has 0 aromatic carbocycles. The van der Waals surface area contributed by atoms with Crippen molar-refractivity contribution in [1.82, 2.24) is 0 Å². The molecule has 0 aromatic heterocycles. The summed E-state index contributed by atoms with van der Waals surface area (Å²) in [6.45, 7) is 5.39. The third kappa shape index (κ3) is 4.08. The number of carboxylic acid groups (broad SMARTS) is 1. The van der Waals surface area contributed by atoms with Gasteiger partial charge in [-0.2, -0.15) is 0 Å². The van der Waals surface area contributed by atoms with Gasteiger partial charge in [-0.1, -0.05) is 12.2 Å². The minimum atomic E-state index is -0.781. The van der Waals surface area contributed by atoms with E-state index in [1.807, 2.05) is 0 Å². The Morgan fingerprint density at radius 2 is 2.08 bits per heavy atom. The Labute approximate surface area is 78.4 Å². The highest BCUT2D eigenvalue weighted by molar-refractivity contribution is 5.69. The zero-order valence-corrected chi connectivity index (χ0v) is 7.79. The molecular weight excluding hydrogens is 168 g/mol. The van der Waals surface area contributed by atoms with Crippen molar-refractivity contribution < 1.29 is 14.6 Å². The van der Waals surface area contributed by atoms with Crippen LogP contribution in [0.15, 0.2) is 12.2 Å². The van der Waals surface area contributed by atoms with Gasteiger partial charge in [-0.05, 0) is 25.2 Å². The molecule has 3 nitrogen and oxygen atoms in total. The zero-order chi connectivity index (χ0) is 9.68.